The molecule has 0 aliphatic rings. The Morgan fingerprint density at radius 1 is 1.07 bits per heavy atom. The minimum Gasteiger partial charge on any atom is -0.340 e. The largest absolute Gasteiger partial charge is 0.340 e. The summed E-state index contributed by atoms with van der Waals surface area (Å²) < 4.78 is 25.8. The minimum absolute atomic E-state index is 0.278. The maximum Gasteiger partial charge on any atom is 0.175 e. The third kappa shape index (κ3) is 3.65. The molecule has 0 radical (unpaired) electrons. The SMILES string of the molecule is Cc1cccc(-c2cc(Nc3ccc(S(C)(=O)=O)cc3)n3ncc(Br)c3n2)c1. The molecule has 0 aliphatic carbocycles. The van der Waals surface area contributed by atoms with Crippen molar-refractivity contribution in [3.63, 3.8) is 0 Å². The summed E-state index contributed by atoms with van der Waals surface area (Å²) in [5, 5.41) is 7.68. The van der Waals surface area contributed by atoms with Gasteiger partial charge in [0.1, 0.15) is 5.82 Å². The molecule has 142 valence electrons. The Morgan fingerprint density at radius 2 is 1.82 bits per heavy atom. The molecule has 0 bridgehead atoms. The van der Waals surface area contributed by atoms with E-state index in [9.17, 15) is 8.42 Å². The zero-order chi connectivity index (χ0) is 19.9. The quantitative estimate of drug-likeness (QED) is 0.484. The van der Waals surface area contributed by atoms with Crippen LogP contribution in [0.5, 0.6) is 0 Å². The lowest BCUT2D eigenvalue weighted by Gasteiger charge is -2.11. The van der Waals surface area contributed by atoms with Crippen LogP contribution in [0, 0.1) is 6.92 Å². The molecular formula is C20H17BrN4O2S. The summed E-state index contributed by atoms with van der Waals surface area (Å²) in [7, 11) is -3.23. The highest BCUT2D eigenvalue weighted by molar-refractivity contribution is 9.10. The highest BCUT2D eigenvalue weighted by atomic mass is 79.9. The summed E-state index contributed by atoms with van der Waals surface area (Å²) in [6.07, 6.45) is 2.89. The van der Waals surface area contributed by atoms with Gasteiger partial charge in [0.2, 0.25) is 0 Å². The fourth-order valence-electron chi connectivity index (χ4n) is 2.91. The zero-order valence-corrected chi connectivity index (χ0v) is 17.6. The molecule has 0 atom stereocenters. The summed E-state index contributed by atoms with van der Waals surface area (Å²) in [5.41, 5.74) is 4.41. The molecule has 2 heterocycles. The number of aromatic nitrogens is 3. The topological polar surface area (TPSA) is 76.4 Å². The van der Waals surface area contributed by atoms with Gasteiger partial charge in [0.25, 0.3) is 0 Å². The van der Waals surface area contributed by atoms with Gasteiger partial charge >= 0.3 is 0 Å². The van der Waals surface area contributed by atoms with Crippen LogP contribution in [0.25, 0.3) is 16.9 Å². The lowest BCUT2D eigenvalue weighted by Crippen LogP contribution is -2.03. The Balaban J connectivity index is 1.80. The number of benzene rings is 2. The summed E-state index contributed by atoms with van der Waals surface area (Å²) in [6.45, 7) is 2.04. The highest BCUT2D eigenvalue weighted by Crippen LogP contribution is 2.28. The van der Waals surface area contributed by atoms with Gasteiger partial charge in [-0.3, -0.25) is 0 Å². The van der Waals surface area contributed by atoms with Crippen molar-refractivity contribution in [3.8, 4) is 11.3 Å². The van der Waals surface area contributed by atoms with Gasteiger partial charge in [-0.1, -0.05) is 23.8 Å². The van der Waals surface area contributed by atoms with E-state index in [1.807, 2.05) is 31.2 Å². The van der Waals surface area contributed by atoms with E-state index >= 15 is 0 Å². The van der Waals surface area contributed by atoms with Crippen molar-refractivity contribution in [2.75, 3.05) is 11.6 Å². The summed E-state index contributed by atoms with van der Waals surface area (Å²) >= 11 is 3.50. The van der Waals surface area contributed by atoms with E-state index in [-0.39, 0.29) is 4.90 Å². The van der Waals surface area contributed by atoms with Crippen LogP contribution >= 0.6 is 15.9 Å². The predicted octanol–water partition coefficient (Wildman–Crippen LogP) is 4.61. The number of hydrogen-bond donors (Lipinski definition) is 1. The maximum atomic E-state index is 11.7. The first-order valence-corrected chi connectivity index (χ1v) is 11.2. The van der Waals surface area contributed by atoms with Gasteiger partial charge < -0.3 is 5.32 Å². The second-order valence-corrected chi connectivity index (χ2v) is 9.42. The molecule has 0 amide bonds. The van der Waals surface area contributed by atoms with Crippen LogP contribution in [-0.2, 0) is 9.84 Å². The van der Waals surface area contributed by atoms with E-state index in [2.05, 4.69) is 32.4 Å². The Hall–Kier alpha value is -2.71. The fourth-order valence-corrected chi connectivity index (χ4v) is 3.89. The van der Waals surface area contributed by atoms with Crippen molar-refractivity contribution in [1.29, 1.82) is 0 Å². The maximum absolute atomic E-state index is 11.7. The van der Waals surface area contributed by atoms with Crippen LogP contribution in [0.1, 0.15) is 5.56 Å². The second kappa shape index (κ2) is 7.03. The monoisotopic (exact) mass is 456 g/mol. The average molecular weight is 457 g/mol. The first-order valence-electron chi connectivity index (χ1n) is 8.50. The number of sulfone groups is 1. The molecule has 0 aliphatic heterocycles. The van der Waals surface area contributed by atoms with Crippen LogP contribution < -0.4 is 5.32 Å². The lowest BCUT2D eigenvalue weighted by molar-refractivity contribution is 0.602. The second-order valence-electron chi connectivity index (χ2n) is 6.55. The number of aryl methyl sites for hydroxylation is 1. The van der Waals surface area contributed by atoms with E-state index in [0.717, 1.165) is 32.8 Å². The number of anilines is 2. The molecule has 2 aromatic carbocycles. The van der Waals surface area contributed by atoms with Crippen molar-refractivity contribution in [2.24, 2.45) is 0 Å². The Kier molecular flexibility index (Phi) is 4.68. The van der Waals surface area contributed by atoms with Gasteiger partial charge in [-0.15, -0.1) is 0 Å². The van der Waals surface area contributed by atoms with Crippen molar-refractivity contribution < 1.29 is 8.42 Å². The molecule has 1 N–H and O–H groups in total. The standard InChI is InChI=1S/C20H17BrN4O2S/c1-13-4-3-5-14(10-13)18-11-19(25-20(24-18)17(21)12-22-25)23-15-6-8-16(9-7-15)28(2,26)27/h3-12,23H,1-2H3. The van der Waals surface area contributed by atoms with Gasteiger partial charge in [0.15, 0.2) is 15.5 Å². The number of halogens is 1. The molecule has 2 aromatic heterocycles. The molecule has 0 spiro atoms. The molecule has 0 saturated carbocycles. The number of rotatable bonds is 4. The third-order valence-electron chi connectivity index (χ3n) is 4.30. The Morgan fingerprint density at radius 3 is 2.50 bits per heavy atom. The van der Waals surface area contributed by atoms with Gasteiger partial charge in [0.05, 0.1) is 21.3 Å². The Labute approximate surface area is 171 Å². The van der Waals surface area contributed by atoms with Crippen LogP contribution in [0.2, 0.25) is 0 Å². The smallest absolute Gasteiger partial charge is 0.175 e. The van der Waals surface area contributed by atoms with Gasteiger partial charge in [-0.05, 0) is 53.2 Å². The van der Waals surface area contributed by atoms with Crippen molar-refractivity contribution >= 4 is 42.9 Å². The summed E-state index contributed by atoms with van der Waals surface area (Å²) in [5.74, 6) is 0.722. The number of fused-ring (bicyclic) bond motifs is 1. The van der Waals surface area contributed by atoms with Crippen molar-refractivity contribution in [1.82, 2.24) is 14.6 Å². The highest BCUT2D eigenvalue weighted by Gasteiger charge is 2.13. The molecule has 0 saturated heterocycles. The van der Waals surface area contributed by atoms with Crippen molar-refractivity contribution in [2.45, 2.75) is 11.8 Å². The number of hydrogen-bond acceptors (Lipinski definition) is 5. The molecule has 4 rings (SSSR count). The van der Waals surface area contributed by atoms with Gasteiger partial charge in [-0.25, -0.2) is 13.4 Å². The molecule has 0 unspecified atom stereocenters. The summed E-state index contributed by atoms with van der Waals surface area (Å²) in [4.78, 5) is 5.01. The van der Waals surface area contributed by atoms with E-state index in [4.69, 9.17) is 4.98 Å². The molecular weight excluding hydrogens is 440 g/mol. The number of nitrogens with zero attached hydrogens (tertiary/aromatic N) is 3. The first-order chi connectivity index (χ1) is 13.3. The van der Waals surface area contributed by atoms with Crippen LogP contribution in [0.15, 0.2) is 70.2 Å². The molecule has 6 nitrogen and oxygen atoms in total. The lowest BCUT2D eigenvalue weighted by atomic mass is 10.1. The van der Waals surface area contributed by atoms with Crippen molar-refractivity contribution in [3.05, 3.63) is 70.8 Å². The zero-order valence-electron chi connectivity index (χ0n) is 15.2. The van der Waals surface area contributed by atoms with E-state index in [1.165, 1.54) is 6.26 Å². The van der Waals surface area contributed by atoms with E-state index in [0.29, 0.717) is 5.65 Å². The van der Waals surface area contributed by atoms with Gasteiger partial charge in [-0.2, -0.15) is 9.61 Å². The molecule has 8 heteroatoms. The third-order valence-corrected chi connectivity index (χ3v) is 5.99. The molecule has 4 aromatic rings. The average Bonchev–Trinajstić information content (AvgIpc) is 3.03. The normalized spacial score (nSPS) is 11.7. The Bertz CT molecular complexity index is 1280. The van der Waals surface area contributed by atoms with E-state index < -0.39 is 9.84 Å². The first kappa shape index (κ1) is 18.6. The molecule has 28 heavy (non-hydrogen) atoms. The van der Waals surface area contributed by atoms with Crippen LogP contribution in [0.3, 0.4) is 0 Å². The predicted molar refractivity (Wildman–Crippen MR) is 114 cm³/mol. The van der Waals surface area contributed by atoms with E-state index in [1.54, 1.807) is 35.0 Å². The van der Waals surface area contributed by atoms with Crippen LogP contribution in [-0.4, -0.2) is 29.3 Å². The minimum atomic E-state index is -3.23. The summed E-state index contributed by atoms with van der Waals surface area (Å²) in [6, 6.07) is 16.7. The molecule has 0 fully saturated rings. The van der Waals surface area contributed by atoms with Gasteiger partial charge in [0, 0.05) is 23.6 Å². The van der Waals surface area contributed by atoms with Crippen LogP contribution in [0.4, 0.5) is 11.5 Å². The fraction of sp³-hybridized carbons (Fsp3) is 0.100. The number of nitrogens with one attached hydrogen (secondary N) is 1.